The maximum atomic E-state index is 11.2. The van der Waals surface area contributed by atoms with E-state index in [1.165, 1.54) is 6.08 Å². The fraction of sp³-hybridized carbons (Fsp3) is 0.600. The van der Waals surface area contributed by atoms with Gasteiger partial charge in [0.2, 0.25) is 0 Å². The normalized spacial score (nSPS) is 12.8. The van der Waals surface area contributed by atoms with Crippen molar-refractivity contribution in [1.82, 2.24) is 0 Å². The summed E-state index contributed by atoms with van der Waals surface area (Å²) in [4.78, 5) is 11.2. The van der Waals surface area contributed by atoms with Crippen molar-refractivity contribution in [3.63, 3.8) is 0 Å². The Bertz CT molecular complexity index is 347. The topological polar surface area (TPSA) is 78.6 Å². The zero-order chi connectivity index (χ0) is 12.4. The molecule has 0 bridgehead atoms. The van der Waals surface area contributed by atoms with Gasteiger partial charge in [0.1, 0.15) is 0 Å². The molecule has 0 saturated heterocycles. The molecule has 0 aliphatic heterocycles. The van der Waals surface area contributed by atoms with Crippen molar-refractivity contribution in [1.29, 1.82) is 0 Å². The molecule has 0 radical (unpaired) electrons. The molecule has 1 unspecified atom stereocenters. The number of carbonyl (C=O) groups excluding carboxylic acids is 1. The first-order chi connectivity index (χ1) is 7.65. The summed E-state index contributed by atoms with van der Waals surface area (Å²) < 4.78 is 20.2. The van der Waals surface area contributed by atoms with Crippen LogP contribution < -0.4 is 5.73 Å². The summed E-state index contributed by atoms with van der Waals surface area (Å²) in [6, 6.07) is -0.885. The van der Waals surface area contributed by atoms with E-state index < -0.39 is 12.0 Å². The van der Waals surface area contributed by atoms with Gasteiger partial charge in [-0.15, -0.1) is 0 Å². The number of carbonyl (C=O) groups is 1. The summed E-state index contributed by atoms with van der Waals surface area (Å²) in [5.74, 6) is -0.527. The molecule has 0 aromatic rings. The number of nitrogens with two attached hydrogens (primary N) is 1. The molecule has 2 N–H and O–H groups in total. The quantitative estimate of drug-likeness (QED) is 0.559. The van der Waals surface area contributed by atoms with Crippen molar-refractivity contribution in [3.8, 4) is 5.63 Å². The Kier molecular flexibility index (Phi) is 8.87. The molecule has 0 aliphatic carbocycles. The van der Waals surface area contributed by atoms with Gasteiger partial charge in [-0.3, -0.25) is 0 Å². The van der Waals surface area contributed by atoms with Crippen LogP contribution in [0.5, 0.6) is 0 Å². The molecule has 6 heteroatoms. The third-order valence-electron chi connectivity index (χ3n) is 1.59. The van der Waals surface area contributed by atoms with E-state index >= 15 is 0 Å². The average molecular weight is 245 g/mol. The van der Waals surface area contributed by atoms with Crippen LogP contribution in [0.25, 0.3) is 0 Å². The van der Waals surface area contributed by atoms with Crippen LogP contribution in [0.4, 0.5) is 0 Å². The number of hydrogen-bond donors (Lipinski definition) is 1. The first-order valence-electron chi connectivity index (χ1n) is 4.94. The Hall–Kier alpha value is -0.860. The molecular formula is C10H16NO4P. The predicted octanol–water partition coefficient (Wildman–Crippen LogP) is 1.09. The number of rotatable bonds is 6. The van der Waals surface area contributed by atoms with E-state index in [1.54, 1.807) is 6.92 Å². The van der Waals surface area contributed by atoms with E-state index in [4.69, 9.17) is 15.2 Å². The third-order valence-corrected chi connectivity index (χ3v) is 1.97. The van der Waals surface area contributed by atoms with E-state index in [-0.39, 0.29) is 21.1 Å². The van der Waals surface area contributed by atoms with Crippen LogP contribution in [0, 0.1) is 5.63 Å². The molecule has 0 amide bonds. The fourth-order valence-electron chi connectivity index (χ4n) is 0.912. The summed E-state index contributed by atoms with van der Waals surface area (Å²) >= 11 is 0. The molecule has 1 atom stereocenters. The van der Waals surface area contributed by atoms with Gasteiger partial charge in [-0.25, -0.2) is 0 Å². The van der Waals surface area contributed by atoms with Crippen molar-refractivity contribution in [2.24, 2.45) is 5.73 Å². The Morgan fingerprint density at radius 2 is 2.19 bits per heavy atom. The minimum atomic E-state index is -0.885. The predicted molar refractivity (Wildman–Crippen MR) is 60.7 cm³/mol. The molecule has 0 heterocycles. The molecule has 0 fully saturated rings. The molecule has 16 heavy (non-hydrogen) atoms. The molecule has 90 valence electrons. The monoisotopic (exact) mass is 245 g/mol. The summed E-state index contributed by atoms with van der Waals surface area (Å²) in [7, 11) is -0.271. The van der Waals surface area contributed by atoms with Crippen LogP contribution in [0.1, 0.15) is 13.8 Å². The zero-order valence-corrected chi connectivity index (χ0v) is 10.3. The molecule has 0 aromatic heterocycles. The van der Waals surface area contributed by atoms with Crippen molar-refractivity contribution in [2.75, 3.05) is 19.8 Å². The second kappa shape index (κ2) is 9.37. The second-order valence-corrected chi connectivity index (χ2v) is 3.22. The van der Waals surface area contributed by atoms with Crippen LogP contribution in [0.2, 0.25) is 0 Å². The Morgan fingerprint density at radius 3 is 2.69 bits per heavy atom. The van der Waals surface area contributed by atoms with Crippen LogP contribution in [0.3, 0.4) is 0 Å². The number of esters is 1. The molecule has 5 nitrogen and oxygen atoms in total. The van der Waals surface area contributed by atoms with Crippen LogP contribution in [-0.4, -0.2) is 31.8 Å². The Balaban J connectivity index is 4.55. The van der Waals surface area contributed by atoms with Crippen LogP contribution >= 0.6 is 7.92 Å². The molecular weight excluding hydrogens is 229 g/mol. The van der Waals surface area contributed by atoms with Gasteiger partial charge < -0.3 is 0 Å². The van der Waals surface area contributed by atoms with Crippen molar-refractivity contribution < 1.29 is 18.8 Å². The first-order valence-corrected chi connectivity index (χ1v) is 5.75. The van der Waals surface area contributed by atoms with E-state index in [0.717, 1.165) is 0 Å². The SMILES string of the molecule is CCOCC(C#P=O)=CC(N)C(=O)OCC. The molecule has 0 saturated carbocycles. The average Bonchev–Trinajstić information content (AvgIpc) is 2.26. The minimum absolute atomic E-state index is 0.221. The van der Waals surface area contributed by atoms with Gasteiger partial charge in [-0.1, -0.05) is 0 Å². The van der Waals surface area contributed by atoms with Crippen molar-refractivity contribution >= 4 is 13.9 Å². The van der Waals surface area contributed by atoms with Gasteiger partial charge in [0.25, 0.3) is 0 Å². The first kappa shape index (κ1) is 15.1. The summed E-state index contributed by atoms with van der Waals surface area (Å²) in [5.41, 5.74) is 8.55. The molecule has 0 rings (SSSR count). The summed E-state index contributed by atoms with van der Waals surface area (Å²) in [5, 5.41) is 0. The van der Waals surface area contributed by atoms with Gasteiger partial charge in [0.15, 0.2) is 0 Å². The second-order valence-electron chi connectivity index (χ2n) is 2.81. The molecule has 0 aliphatic rings. The standard InChI is InChI=1S/C10H16NO4P/c1-3-14-6-8(7-16-13)5-9(11)10(12)15-4-2/h5,9H,3-4,6,11H2,1-2H3. The van der Waals surface area contributed by atoms with Gasteiger partial charge in [0.05, 0.1) is 0 Å². The fourth-order valence-corrected chi connectivity index (χ4v) is 1.17. The van der Waals surface area contributed by atoms with Gasteiger partial charge in [-0.05, 0) is 0 Å². The third kappa shape index (κ3) is 6.59. The number of hydrogen-bond acceptors (Lipinski definition) is 5. The van der Waals surface area contributed by atoms with E-state index in [2.05, 4.69) is 5.63 Å². The van der Waals surface area contributed by atoms with Gasteiger partial charge in [0, 0.05) is 0 Å². The van der Waals surface area contributed by atoms with E-state index in [9.17, 15) is 9.36 Å². The van der Waals surface area contributed by atoms with E-state index in [1.807, 2.05) is 6.92 Å². The van der Waals surface area contributed by atoms with Crippen molar-refractivity contribution in [2.45, 2.75) is 19.9 Å². The molecule has 0 spiro atoms. The molecule has 0 aromatic carbocycles. The summed E-state index contributed by atoms with van der Waals surface area (Å²) in [6.45, 7) is 4.54. The van der Waals surface area contributed by atoms with Gasteiger partial charge >= 0.3 is 95.4 Å². The Labute approximate surface area is 96.1 Å². The van der Waals surface area contributed by atoms with E-state index in [0.29, 0.717) is 12.2 Å². The summed E-state index contributed by atoms with van der Waals surface area (Å²) in [6.07, 6.45) is 1.43. The maximum absolute atomic E-state index is 11.2. The Morgan fingerprint density at radius 1 is 1.50 bits per heavy atom. The van der Waals surface area contributed by atoms with Gasteiger partial charge in [-0.2, -0.15) is 0 Å². The number of ether oxygens (including phenoxy) is 2. The van der Waals surface area contributed by atoms with Crippen molar-refractivity contribution in [3.05, 3.63) is 11.6 Å². The zero-order valence-electron chi connectivity index (χ0n) is 9.43. The van der Waals surface area contributed by atoms with Crippen LogP contribution in [-0.2, 0) is 18.8 Å². The van der Waals surface area contributed by atoms with Crippen LogP contribution in [0.15, 0.2) is 11.6 Å².